The fourth-order valence-electron chi connectivity index (χ4n) is 2.08. The van der Waals surface area contributed by atoms with Crippen molar-refractivity contribution in [2.24, 2.45) is 5.92 Å². The molecule has 7 heteroatoms. The van der Waals surface area contributed by atoms with E-state index in [1.165, 1.54) is 17.0 Å². The first-order chi connectivity index (χ1) is 10.5. The molecular formula is C16H21F3N2O2. The molecule has 0 aliphatic heterocycles. The van der Waals surface area contributed by atoms with Gasteiger partial charge in [0.05, 0.1) is 5.56 Å². The monoisotopic (exact) mass is 330 g/mol. The van der Waals surface area contributed by atoms with E-state index in [9.17, 15) is 22.8 Å². The maximum absolute atomic E-state index is 12.7. The number of carbonyl (C=O) groups is 2. The molecule has 0 unspecified atom stereocenters. The summed E-state index contributed by atoms with van der Waals surface area (Å²) in [6, 6.07) is 3.36. The third-order valence-corrected chi connectivity index (χ3v) is 3.20. The van der Waals surface area contributed by atoms with Crippen LogP contribution >= 0.6 is 0 Å². The average Bonchev–Trinajstić information content (AvgIpc) is 2.44. The van der Waals surface area contributed by atoms with Crippen LogP contribution in [0.3, 0.4) is 0 Å². The van der Waals surface area contributed by atoms with Crippen molar-refractivity contribution in [3.8, 4) is 0 Å². The van der Waals surface area contributed by atoms with Crippen LogP contribution in [0.4, 0.5) is 13.2 Å². The maximum atomic E-state index is 12.7. The Morgan fingerprint density at radius 1 is 1.22 bits per heavy atom. The molecule has 128 valence electrons. The molecule has 0 aromatic heterocycles. The molecule has 1 rings (SSSR count). The van der Waals surface area contributed by atoms with E-state index in [0.717, 1.165) is 12.1 Å². The first kappa shape index (κ1) is 19.0. The Hall–Kier alpha value is -2.05. The number of hydrogen-bond donors (Lipinski definition) is 1. The normalized spacial score (nSPS) is 12.9. The molecule has 0 saturated carbocycles. The highest BCUT2D eigenvalue weighted by Gasteiger charge is 2.31. The zero-order chi connectivity index (χ0) is 17.8. The number of alkyl halides is 3. The summed E-state index contributed by atoms with van der Waals surface area (Å²) >= 11 is 0. The molecule has 1 N–H and O–H groups in total. The topological polar surface area (TPSA) is 49.4 Å². The van der Waals surface area contributed by atoms with Crippen molar-refractivity contribution in [1.82, 2.24) is 10.2 Å². The fourth-order valence-corrected chi connectivity index (χ4v) is 2.08. The molecule has 0 aliphatic rings. The Kier molecular flexibility index (Phi) is 6.18. The van der Waals surface area contributed by atoms with Crippen molar-refractivity contribution in [2.45, 2.75) is 32.5 Å². The number of nitrogens with zero attached hydrogens (tertiary/aromatic N) is 1. The van der Waals surface area contributed by atoms with Crippen LogP contribution in [-0.4, -0.2) is 36.9 Å². The highest BCUT2D eigenvalue weighted by atomic mass is 19.4. The highest BCUT2D eigenvalue weighted by molar-refractivity contribution is 5.97. The minimum Gasteiger partial charge on any atom is -0.347 e. The van der Waals surface area contributed by atoms with Crippen molar-refractivity contribution in [3.05, 3.63) is 35.4 Å². The van der Waals surface area contributed by atoms with Gasteiger partial charge in [0.25, 0.3) is 5.91 Å². The first-order valence-corrected chi connectivity index (χ1v) is 7.21. The molecule has 0 saturated heterocycles. The van der Waals surface area contributed by atoms with E-state index in [1.807, 2.05) is 13.8 Å². The molecule has 0 aliphatic carbocycles. The Labute approximate surface area is 133 Å². The van der Waals surface area contributed by atoms with Crippen LogP contribution in [0.5, 0.6) is 0 Å². The molecule has 2 amide bonds. The van der Waals surface area contributed by atoms with Gasteiger partial charge in [-0.2, -0.15) is 13.2 Å². The van der Waals surface area contributed by atoms with Gasteiger partial charge in [-0.1, -0.05) is 19.9 Å². The van der Waals surface area contributed by atoms with Gasteiger partial charge in [-0.3, -0.25) is 9.59 Å². The summed E-state index contributed by atoms with van der Waals surface area (Å²) in [5.41, 5.74) is -1.02. The van der Waals surface area contributed by atoms with E-state index >= 15 is 0 Å². The second kappa shape index (κ2) is 7.48. The van der Waals surface area contributed by atoms with Crippen molar-refractivity contribution in [1.29, 1.82) is 0 Å². The van der Waals surface area contributed by atoms with Gasteiger partial charge in [0.1, 0.15) is 6.04 Å². The summed E-state index contributed by atoms with van der Waals surface area (Å²) in [7, 11) is 3.12. The Bertz CT molecular complexity index is 569. The van der Waals surface area contributed by atoms with Gasteiger partial charge < -0.3 is 10.2 Å². The third-order valence-electron chi connectivity index (χ3n) is 3.20. The Morgan fingerprint density at radius 3 is 2.30 bits per heavy atom. The summed E-state index contributed by atoms with van der Waals surface area (Å²) < 4.78 is 38.1. The van der Waals surface area contributed by atoms with Gasteiger partial charge in [-0.25, -0.2) is 0 Å². The number of hydrogen-bond acceptors (Lipinski definition) is 2. The maximum Gasteiger partial charge on any atom is 0.416 e. The van der Waals surface area contributed by atoms with Crippen LogP contribution in [0.15, 0.2) is 24.3 Å². The van der Waals surface area contributed by atoms with E-state index in [-0.39, 0.29) is 17.4 Å². The number of halogens is 3. The lowest BCUT2D eigenvalue weighted by Gasteiger charge is -2.23. The lowest BCUT2D eigenvalue weighted by molar-refractivity contribution is -0.137. The molecule has 1 aromatic carbocycles. The third kappa shape index (κ3) is 5.58. The molecule has 4 nitrogen and oxygen atoms in total. The van der Waals surface area contributed by atoms with Crippen LogP contribution in [0.1, 0.15) is 36.2 Å². The lowest BCUT2D eigenvalue weighted by Crippen LogP contribution is -2.46. The first-order valence-electron chi connectivity index (χ1n) is 7.21. The van der Waals surface area contributed by atoms with E-state index in [1.54, 1.807) is 14.1 Å². The summed E-state index contributed by atoms with van der Waals surface area (Å²) in [4.78, 5) is 25.6. The molecule has 0 heterocycles. The second-order valence-corrected chi connectivity index (χ2v) is 5.97. The zero-order valence-electron chi connectivity index (χ0n) is 13.6. The molecule has 0 spiro atoms. The summed E-state index contributed by atoms with van der Waals surface area (Å²) in [5.74, 6) is -0.846. The van der Waals surface area contributed by atoms with Crippen LogP contribution in [0.25, 0.3) is 0 Å². The zero-order valence-corrected chi connectivity index (χ0v) is 13.6. The highest BCUT2D eigenvalue weighted by Crippen LogP contribution is 2.29. The predicted molar refractivity (Wildman–Crippen MR) is 80.8 cm³/mol. The molecule has 0 fully saturated rings. The number of amides is 2. The van der Waals surface area contributed by atoms with Gasteiger partial charge in [0, 0.05) is 19.7 Å². The Balaban J connectivity index is 2.97. The molecule has 23 heavy (non-hydrogen) atoms. The standard InChI is InChI=1S/C16H21F3N2O2/c1-10(2)8-13(15(23)21(3)4)20-14(22)11-6-5-7-12(9-11)16(17,18)19/h5-7,9-10,13H,8H2,1-4H3,(H,20,22)/t13-/m0/s1. The van der Waals surface area contributed by atoms with Crippen molar-refractivity contribution in [2.75, 3.05) is 14.1 Å². The number of likely N-dealkylation sites (N-methyl/N-ethyl adjacent to an activating group) is 1. The van der Waals surface area contributed by atoms with Crippen molar-refractivity contribution >= 4 is 11.8 Å². The van der Waals surface area contributed by atoms with E-state index in [0.29, 0.717) is 6.42 Å². The van der Waals surface area contributed by atoms with Gasteiger partial charge in [-0.15, -0.1) is 0 Å². The molecular weight excluding hydrogens is 309 g/mol. The fraction of sp³-hybridized carbons (Fsp3) is 0.500. The predicted octanol–water partition coefficient (Wildman–Crippen LogP) is 2.94. The van der Waals surface area contributed by atoms with E-state index in [4.69, 9.17) is 0 Å². The minimum atomic E-state index is -4.52. The van der Waals surface area contributed by atoms with Gasteiger partial charge in [0.15, 0.2) is 0 Å². The van der Waals surface area contributed by atoms with Crippen LogP contribution in [-0.2, 0) is 11.0 Å². The van der Waals surface area contributed by atoms with Gasteiger partial charge in [-0.05, 0) is 30.5 Å². The average molecular weight is 330 g/mol. The number of benzene rings is 1. The smallest absolute Gasteiger partial charge is 0.347 e. The van der Waals surface area contributed by atoms with Gasteiger partial charge >= 0.3 is 6.18 Å². The minimum absolute atomic E-state index is 0.125. The van der Waals surface area contributed by atoms with Crippen LogP contribution < -0.4 is 5.32 Å². The summed E-state index contributed by atoms with van der Waals surface area (Å²) in [6.07, 6.45) is -4.12. The number of rotatable bonds is 5. The molecule has 1 atom stereocenters. The summed E-state index contributed by atoms with van der Waals surface area (Å²) in [5, 5.41) is 2.53. The second-order valence-electron chi connectivity index (χ2n) is 5.97. The van der Waals surface area contributed by atoms with Gasteiger partial charge in [0.2, 0.25) is 5.91 Å². The van der Waals surface area contributed by atoms with E-state index in [2.05, 4.69) is 5.32 Å². The van der Waals surface area contributed by atoms with Crippen LogP contribution in [0.2, 0.25) is 0 Å². The lowest BCUT2D eigenvalue weighted by atomic mass is 10.0. The summed E-state index contributed by atoms with van der Waals surface area (Å²) in [6.45, 7) is 3.79. The number of carbonyl (C=O) groups excluding carboxylic acids is 2. The quantitative estimate of drug-likeness (QED) is 0.902. The van der Waals surface area contributed by atoms with Crippen LogP contribution in [0, 0.1) is 5.92 Å². The molecule has 0 bridgehead atoms. The van der Waals surface area contributed by atoms with Crippen molar-refractivity contribution < 1.29 is 22.8 Å². The largest absolute Gasteiger partial charge is 0.416 e. The Morgan fingerprint density at radius 2 is 1.83 bits per heavy atom. The SMILES string of the molecule is CC(C)C[C@H](NC(=O)c1cccc(C(F)(F)F)c1)C(=O)N(C)C. The van der Waals surface area contributed by atoms with Crippen molar-refractivity contribution in [3.63, 3.8) is 0 Å². The molecule has 0 radical (unpaired) electrons. The molecule has 1 aromatic rings. The van der Waals surface area contributed by atoms with E-state index < -0.39 is 23.7 Å². The number of nitrogens with one attached hydrogen (secondary N) is 1.